The molecule has 2 rings (SSSR count). The highest BCUT2D eigenvalue weighted by atomic mass is 19.1. The van der Waals surface area contributed by atoms with E-state index in [2.05, 4.69) is 10.3 Å². The van der Waals surface area contributed by atoms with E-state index >= 15 is 0 Å². The van der Waals surface area contributed by atoms with E-state index in [1.165, 1.54) is 12.1 Å². The van der Waals surface area contributed by atoms with Gasteiger partial charge in [0.15, 0.2) is 0 Å². The lowest BCUT2D eigenvalue weighted by molar-refractivity contribution is 0.629. The number of aromatic nitrogens is 1. The number of halogens is 1. The molecule has 0 radical (unpaired) electrons. The standard InChI is InChI=1S/C12H14FN3/c1-8-6-12(15-5-4-14)10-7-9(13)2-3-11(10)16-8/h2-3,6-7H,4-5,14H2,1H3,(H,15,16). The van der Waals surface area contributed by atoms with Crippen molar-refractivity contribution in [3.05, 3.63) is 35.8 Å². The molecule has 3 nitrogen and oxygen atoms in total. The molecule has 0 aliphatic heterocycles. The minimum atomic E-state index is -0.256. The summed E-state index contributed by atoms with van der Waals surface area (Å²) in [5.74, 6) is -0.256. The molecule has 0 amide bonds. The molecule has 0 unspecified atom stereocenters. The topological polar surface area (TPSA) is 50.9 Å². The van der Waals surface area contributed by atoms with Crippen LogP contribution >= 0.6 is 0 Å². The molecule has 1 aromatic carbocycles. The van der Waals surface area contributed by atoms with Crippen molar-refractivity contribution >= 4 is 16.6 Å². The average molecular weight is 219 g/mol. The largest absolute Gasteiger partial charge is 0.383 e. The molecule has 0 aliphatic rings. The highest BCUT2D eigenvalue weighted by Crippen LogP contribution is 2.23. The number of aryl methyl sites for hydroxylation is 1. The average Bonchev–Trinajstić information content (AvgIpc) is 2.26. The van der Waals surface area contributed by atoms with Gasteiger partial charge in [-0.05, 0) is 31.2 Å². The molecule has 16 heavy (non-hydrogen) atoms. The van der Waals surface area contributed by atoms with Gasteiger partial charge in [-0.25, -0.2) is 4.39 Å². The molecule has 0 atom stereocenters. The molecule has 0 saturated heterocycles. The van der Waals surface area contributed by atoms with E-state index in [-0.39, 0.29) is 5.82 Å². The minimum Gasteiger partial charge on any atom is -0.383 e. The van der Waals surface area contributed by atoms with Crippen LogP contribution in [0.4, 0.5) is 10.1 Å². The molecular weight excluding hydrogens is 205 g/mol. The molecule has 0 spiro atoms. The van der Waals surface area contributed by atoms with Crippen molar-refractivity contribution in [2.75, 3.05) is 18.4 Å². The monoisotopic (exact) mass is 219 g/mol. The van der Waals surface area contributed by atoms with Crippen molar-refractivity contribution in [3.63, 3.8) is 0 Å². The Hall–Kier alpha value is -1.68. The van der Waals surface area contributed by atoms with Gasteiger partial charge in [0, 0.05) is 29.9 Å². The van der Waals surface area contributed by atoms with Crippen LogP contribution in [0.5, 0.6) is 0 Å². The molecular formula is C12H14FN3. The number of hydrogen-bond acceptors (Lipinski definition) is 3. The Morgan fingerprint density at radius 1 is 1.38 bits per heavy atom. The number of nitrogens with two attached hydrogens (primary N) is 1. The summed E-state index contributed by atoms with van der Waals surface area (Å²) < 4.78 is 13.2. The van der Waals surface area contributed by atoms with Crippen LogP contribution in [0.15, 0.2) is 24.3 Å². The quantitative estimate of drug-likeness (QED) is 0.830. The second-order valence-corrected chi connectivity index (χ2v) is 3.69. The summed E-state index contributed by atoms with van der Waals surface area (Å²) in [6.45, 7) is 3.11. The maximum atomic E-state index is 13.2. The number of benzene rings is 1. The highest BCUT2D eigenvalue weighted by Gasteiger charge is 2.04. The lowest BCUT2D eigenvalue weighted by Gasteiger charge is -2.09. The van der Waals surface area contributed by atoms with Crippen molar-refractivity contribution in [1.29, 1.82) is 0 Å². The fourth-order valence-corrected chi connectivity index (χ4v) is 1.68. The van der Waals surface area contributed by atoms with Crippen molar-refractivity contribution in [1.82, 2.24) is 4.98 Å². The summed E-state index contributed by atoms with van der Waals surface area (Å²) >= 11 is 0. The molecule has 4 heteroatoms. The number of hydrogen-bond donors (Lipinski definition) is 2. The number of anilines is 1. The van der Waals surface area contributed by atoms with Crippen LogP contribution in [-0.4, -0.2) is 18.1 Å². The Balaban J connectivity index is 2.55. The molecule has 2 aromatic rings. The summed E-state index contributed by atoms with van der Waals surface area (Å²) in [5, 5.41) is 3.96. The van der Waals surface area contributed by atoms with E-state index in [1.807, 2.05) is 13.0 Å². The number of fused-ring (bicyclic) bond motifs is 1. The second-order valence-electron chi connectivity index (χ2n) is 3.69. The van der Waals surface area contributed by atoms with E-state index in [1.54, 1.807) is 6.07 Å². The lowest BCUT2D eigenvalue weighted by atomic mass is 10.1. The summed E-state index contributed by atoms with van der Waals surface area (Å²) in [4.78, 5) is 4.35. The first-order valence-electron chi connectivity index (χ1n) is 5.21. The van der Waals surface area contributed by atoms with E-state index in [9.17, 15) is 4.39 Å². The van der Waals surface area contributed by atoms with Crippen LogP contribution in [0.25, 0.3) is 10.9 Å². The van der Waals surface area contributed by atoms with Crippen LogP contribution < -0.4 is 11.1 Å². The van der Waals surface area contributed by atoms with E-state index in [0.717, 1.165) is 22.3 Å². The van der Waals surface area contributed by atoms with Crippen molar-refractivity contribution < 1.29 is 4.39 Å². The normalized spacial score (nSPS) is 10.7. The minimum absolute atomic E-state index is 0.256. The third-order valence-corrected chi connectivity index (χ3v) is 2.36. The fourth-order valence-electron chi connectivity index (χ4n) is 1.68. The van der Waals surface area contributed by atoms with E-state index < -0.39 is 0 Å². The molecule has 1 heterocycles. The van der Waals surface area contributed by atoms with Gasteiger partial charge in [0.2, 0.25) is 0 Å². The zero-order valence-electron chi connectivity index (χ0n) is 9.13. The van der Waals surface area contributed by atoms with E-state index in [0.29, 0.717) is 13.1 Å². The van der Waals surface area contributed by atoms with Crippen LogP contribution in [0, 0.1) is 12.7 Å². The number of nitrogens with zero attached hydrogens (tertiary/aromatic N) is 1. The van der Waals surface area contributed by atoms with Gasteiger partial charge < -0.3 is 11.1 Å². The Morgan fingerprint density at radius 2 is 2.19 bits per heavy atom. The van der Waals surface area contributed by atoms with Crippen LogP contribution in [-0.2, 0) is 0 Å². The van der Waals surface area contributed by atoms with E-state index in [4.69, 9.17) is 5.73 Å². The predicted octanol–water partition coefficient (Wildman–Crippen LogP) is 2.05. The van der Waals surface area contributed by atoms with Gasteiger partial charge in [-0.15, -0.1) is 0 Å². The predicted molar refractivity (Wildman–Crippen MR) is 64.0 cm³/mol. The number of rotatable bonds is 3. The van der Waals surface area contributed by atoms with Crippen molar-refractivity contribution in [2.45, 2.75) is 6.92 Å². The lowest BCUT2D eigenvalue weighted by Crippen LogP contribution is -2.13. The zero-order valence-corrected chi connectivity index (χ0v) is 9.13. The van der Waals surface area contributed by atoms with Crippen LogP contribution in [0.1, 0.15) is 5.69 Å². The maximum absolute atomic E-state index is 13.2. The molecule has 0 bridgehead atoms. The van der Waals surface area contributed by atoms with Crippen molar-refractivity contribution in [2.24, 2.45) is 5.73 Å². The first-order chi connectivity index (χ1) is 7.70. The van der Waals surface area contributed by atoms with Gasteiger partial charge in [-0.3, -0.25) is 4.98 Å². The van der Waals surface area contributed by atoms with Gasteiger partial charge in [0.05, 0.1) is 5.52 Å². The zero-order chi connectivity index (χ0) is 11.5. The Bertz CT molecular complexity index is 511. The van der Waals surface area contributed by atoms with Crippen LogP contribution in [0.2, 0.25) is 0 Å². The number of pyridine rings is 1. The summed E-state index contributed by atoms with van der Waals surface area (Å²) in [6.07, 6.45) is 0. The molecule has 0 aliphatic carbocycles. The van der Waals surface area contributed by atoms with Crippen molar-refractivity contribution in [3.8, 4) is 0 Å². The van der Waals surface area contributed by atoms with Gasteiger partial charge >= 0.3 is 0 Å². The Morgan fingerprint density at radius 3 is 2.94 bits per heavy atom. The Labute approximate surface area is 93.5 Å². The molecule has 3 N–H and O–H groups in total. The molecule has 0 fully saturated rings. The Kier molecular flexibility index (Phi) is 3.01. The summed E-state index contributed by atoms with van der Waals surface area (Å²) in [5.41, 5.74) is 8.01. The van der Waals surface area contributed by atoms with Gasteiger partial charge in [0.25, 0.3) is 0 Å². The third kappa shape index (κ3) is 2.12. The SMILES string of the molecule is Cc1cc(NCCN)c2cc(F)ccc2n1. The third-order valence-electron chi connectivity index (χ3n) is 2.36. The highest BCUT2D eigenvalue weighted by molar-refractivity contribution is 5.91. The smallest absolute Gasteiger partial charge is 0.124 e. The summed E-state index contributed by atoms with van der Waals surface area (Å²) in [7, 11) is 0. The fraction of sp³-hybridized carbons (Fsp3) is 0.250. The summed E-state index contributed by atoms with van der Waals surface area (Å²) in [6, 6.07) is 6.49. The molecule has 0 saturated carbocycles. The van der Waals surface area contributed by atoms with Gasteiger partial charge in [0.1, 0.15) is 5.82 Å². The molecule has 84 valence electrons. The first-order valence-corrected chi connectivity index (χ1v) is 5.21. The maximum Gasteiger partial charge on any atom is 0.124 e. The van der Waals surface area contributed by atoms with Gasteiger partial charge in [-0.1, -0.05) is 0 Å². The van der Waals surface area contributed by atoms with Gasteiger partial charge in [-0.2, -0.15) is 0 Å². The first kappa shape index (κ1) is 10.8. The molecule has 1 aromatic heterocycles. The second kappa shape index (κ2) is 4.45. The number of nitrogens with one attached hydrogen (secondary N) is 1. The van der Waals surface area contributed by atoms with Crippen LogP contribution in [0.3, 0.4) is 0 Å².